The molecule has 0 aliphatic rings. The lowest BCUT2D eigenvalue weighted by atomic mass is 9.97. The maximum absolute atomic E-state index is 13.1. The Bertz CT molecular complexity index is 1050. The highest BCUT2D eigenvalue weighted by Crippen LogP contribution is 2.31. The van der Waals surface area contributed by atoms with Gasteiger partial charge in [0.05, 0.1) is 5.56 Å². The summed E-state index contributed by atoms with van der Waals surface area (Å²) in [4.78, 5) is 14.3. The zero-order chi connectivity index (χ0) is 25.5. The van der Waals surface area contributed by atoms with Crippen molar-refractivity contribution in [2.75, 3.05) is 0 Å². The van der Waals surface area contributed by atoms with E-state index in [0.717, 1.165) is 49.4 Å². The van der Waals surface area contributed by atoms with Crippen molar-refractivity contribution < 1.29 is 30.6 Å². The molecule has 5 nitrogen and oxygen atoms in total. The van der Waals surface area contributed by atoms with Gasteiger partial charge >= 0.3 is 16.3 Å². The third-order valence-corrected chi connectivity index (χ3v) is 6.83. The lowest BCUT2D eigenvalue weighted by molar-refractivity contribution is -0.139. The van der Waals surface area contributed by atoms with Gasteiger partial charge in [-0.15, -0.1) is 0 Å². The highest BCUT2D eigenvalue weighted by molar-refractivity contribution is 7.87. The SMILES string of the molecule is CCCCC(CC)C(=O)N(Cc1ccc(OS(=O)(=O)c2cccc(C(F)(F)F)c2)cc1)C(C)C. The van der Waals surface area contributed by atoms with Crippen LogP contribution in [0.1, 0.15) is 64.5 Å². The van der Waals surface area contributed by atoms with Gasteiger partial charge in [-0.1, -0.05) is 44.9 Å². The fourth-order valence-electron chi connectivity index (χ4n) is 3.55. The summed E-state index contributed by atoms with van der Waals surface area (Å²) in [5.41, 5.74) is -0.286. The Morgan fingerprint density at radius 2 is 1.71 bits per heavy atom. The highest BCUT2D eigenvalue weighted by Gasteiger charge is 2.32. The van der Waals surface area contributed by atoms with E-state index in [1.807, 2.05) is 20.8 Å². The van der Waals surface area contributed by atoms with E-state index < -0.39 is 26.8 Å². The molecule has 2 aromatic carbocycles. The zero-order valence-electron chi connectivity index (χ0n) is 19.9. The largest absolute Gasteiger partial charge is 0.416 e. The molecule has 0 heterocycles. The lowest BCUT2D eigenvalue weighted by Crippen LogP contribution is -2.40. The molecule has 0 saturated heterocycles. The maximum Gasteiger partial charge on any atom is 0.416 e. The smallest absolute Gasteiger partial charge is 0.379 e. The van der Waals surface area contributed by atoms with Crippen LogP contribution in [0.25, 0.3) is 0 Å². The van der Waals surface area contributed by atoms with Gasteiger partial charge in [-0.25, -0.2) is 0 Å². The fourth-order valence-corrected chi connectivity index (χ4v) is 4.53. The van der Waals surface area contributed by atoms with Gasteiger partial charge < -0.3 is 9.08 Å². The molecule has 2 rings (SSSR count). The number of alkyl halides is 3. The van der Waals surface area contributed by atoms with Gasteiger partial charge in [0.15, 0.2) is 0 Å². The van der Waals surface area contributed by atoms with Crippen LogP contribution >= 0.6 is 0 Å². The van der Waals surface area contributed by atoms with Gasteiger partial charge in [-0.2, -0.15) is 21.6 Å². The third kappa shape index (κ3) is 7.48. The van der Waals surface area contributed by atoms with Crippen molar-refractivity contribution in [3.63, 3.8) is 0 Å². The molecule has 188 valence electrons. The second-order valence-corrected chi connectivity index (χ2v) is 10.1. The average molecular weight is 500 g/mol. The van der Waals surface area contributed by atoms with Gasteiger partial charge in [-0.3, -0.25) is 4.79 Å². The van der Waals surface area contributed by atoms with Crippen molar-refractivity contribution >= 4 is 16.0 Å². The molecule has 0 N–H and O–H groups in total. The number of hydrogen-bond acceptors (Lipinski definition) is 4. The minimum atomic E-state index is -4.67. The molecule has 0 bridgehead atoms. The molecular formula is C25H32F3NO4S. The van der Waals surface area contributed by atoms with Crippen LogP contribution in [0.4, 0.5) is 13.2 Å². The first-order valence-corrected chi connectivity index (χ1v) is 12.8. The predicted molar refractivity (Wildman–Crippen MR) is 125 cm³/mol. The van der Waals surface area contributed by atoms with E-state index >= 15 is 0 Å². The number of rotatable bonds is 11. The van der Waals surface area contributed by atoms with E-state index in [1.54, 1.807) is 17.0 Å². The topological polar surface area (TPSA) is 63.7 Å². The van der Waals surface area contributed by atoms with Crippen LogP contribution in [0, 0.1) is 5.92 Å². The van der Waals surface area contributed by atoms with Gasteiger partial charge in [0, 0.05) is 18.5 Å². The van der Waals surface area contributed by atoms with Crippen LogP contribution in [-0.4, -0.2) is 25.3 Å². The molecule has 0 aliphatic heterocycles. The van der Waals surface area contributed by atoms with E-state index in [0.29, 0.717) is 12.6 Å². The van der Waals surface area contributed by atoms with Crippen molar-refractivity contribution in [3.05, 3.63) is 59.7 Å². The average Bonchev–Trinajstić information content (AvgIpc) is 2.78. The summed E-state index contributed by atoms with van der Waals surface area (Å²) < 4.78 is 68.7. The minimum absolute atomic E-state index is 0.0135. The highest BCUT2D eigenvalue weighted by atomic mass is 32.2. The summed E-state index contributed by atoms with van der Waals surface area (Å²) in [5.74, 6) is 0.0268. The third-order valence-electron chi connectivity index (χ3n) is 5.59. The molecule has 0 spiro atoms. The van der Waals surface area contributed by atoms with E-state index in [9.17, 15) is 26.4 Å². The van der Waals surface area contributed by atoms with Crippen molar-refractivity contribution in [2.24, 2.45) is 5.92 Å². The molecule has 0 aliphatic carbocycles. The van der Waals surface area contributed by atoms with E-state index in [1.165, 1.54) is 12.1 Å². The molecule has 2 aromatic rings. The van der Waals surface area contributed by atoms with Gasteiger partial charge in [0.2, 0.25) is 5.91 Å². The van der Waals surface area contributed by atoms with Crippen LogP contribution in [0.3, 0.4) is 0 Å². The van der Waals surface area contributed by atoms with E-state index in [-0.39, 0.29) is 23.6 Å². The predicted octanol–water partition coefficient (Wildman–Crippen LogP) is 6.43. The van der Waals surface area contributed by atoms with Crippen LogP contribution in [0.5, 0.6) is 5.75 Å². The molecule has 0 fully saturated rings. The number of halogens is 3. The molecule has 0 saturated carbocycles. The number of carbonyl (C=O) groups excluding carboxylic acids is 1. The molecule has 0 radical (unpaired) electrons. The van der Waals surface area contributed by atoms with Crippen molar-refractivity contribution in [1.82, 2.24) is 4.90 Å². The summed E-state index contributed by atoms with van der Waals surface area (Å²) >= 11 is 0. The van der Waals surface area contributed by atoms with Crippen LogP contribution in [-0.2, 0) is 27.6 Å². The first-order chi connectivity index (χ1) is 15.9. The van der Waals surface area contributed by atoms with Crippen molar-refractivity contribution in [3.8, 4) is 5.75 Å². The van der Waals surface area contributed by atoms with Crippen LogP contribution < -0.4 is 4.18 Å². The quantitative estimate of drug-likeness (QED) is 0.335. The van der Waals surface area contributed by atoms with Crippen LogP contribution in [0.15, 0.2) is 53.4 Å². The molecule has 0 aromatic heterocycles. The van der Waals surface area contributed by atoms with Gasteiger partial charge in [-0.05, 0) is 62.6 Å². The Hall–Kier alpha value is -2.55. The van der Waals surface area contributed by atoms with E-state index in [2.05, 4.69) is 6.92 Å². The summed E-state index contributed by atoms with van der Waals surface area (Å²) in [6.07, 6.45) is -1.05. The summed E-state index contributed by atoms with van der Waals surface area (Å²) in [6.45, 7) is 8.36. The molecular weight excluding hydrogens is 467 g/mol. The van der Waals surface area contributed by atoms with Crippen molar-refractivity contribution in [1.29, 1.82) is 0 Å². The zero-order valence-corrected chi connectivity index (χ0v) is 20.7. The molecule has 9 heteroatoms. The fraction of sp³-hybridized carbons (Fsp3) is 0.480. The second-order valence-electron chi connectivity index (χ2n) is 8.51. The van der Waals surface area contributed by atoms with Gasteiger partial charge in [0.25, 0.3) is 0 Å². The number of hydrogen-bond donors (Lipinski definition) is 0. The summed E-state index contributed by atoms with van der Waals surface area (Å²) in [6, 6.07) is 9.53. The second kappa shape index (κ2) is 11.7. The normalized spacial score (nSPS) is 13.1. The Morgan fingerprint density at radius 1 is 1.06 bits per heavy atom. The first kappa shape index (κ1) is 27.7. The Morgan fingerprint density at radius 3 is 2.24 bits per heavy atom. The number of benzene rings is 2. The monoisotopic (exact) mass is 499 g/mol. The van der Waals surface area contributed by atoms with Crippen LogP contribution in [0.2, 0.25) is 0 Å². The molecule has 1 atom stereocenters. The minimum Gasteiger partial charge on any atom is -0.379 e. The van der Waals surface area contributed by atoms with Crippen molar-refractivity contribution in [2.45, 2.75) is 77.0 Å². The molecule has 1 amide bonds. The lowest BCUT2D eigenvalue weighted by Gasteiger charge is -2.30. The Labute approximate surface area is 200 Å². The number of nitrogens with zero attached hydrogens (tertiary/aromatic N) is 1. The number of carbonyl (C=O) groups is 1. The summed E-state index contributed by atoms with van der Waals surface area (Å²) in [7, 11) is -4.45. The molecule has 1 unspecified atom stereocenters. The Balaban J connectivity index is 2.15. The van der Waals surface area contributed by atoms with E-state index in [4.69, 9.17) is 4.18 Å². The first-order valence-electron chi connectivity index (χ1n) is 11.4. The Kier molecular flexibility index (Phi) is 9.55. The summed E-state index contributed by atoms with van der Waals surface area (Å²) in [5, 5.41) is 0. The standard InChI is InChI=1S/C25H32F3NO4S/c1-5-7-9-20(6-2)24(30)29(18(3)4)17-19-12-14-22(15-13-19)33-34(31,32)23-11-8-10-21(16-23)25(26,27)28/h8,10-16,18,20H,5-7,9,17H2,1-4H3. The molecule has 34 heavy (non-hydrogen) atoms. The van der Waals surface area contributed by atoms with Gasteiger partial charge in [0.1, 0.15) is 10.6 Å². The maximum atomic E-state index is 13.1. The number of amides is 1. The number of unbranched alkanes of at least 4 members (excludes halogenated alkanes) is 1.